The van der Waals surface area contributed by atoms with Crippen molar-refractivity contribution in [3.8, 4) is 0 Å². The lowest BCUT2D eigenvalue weighted by Gasteiger charge is -2.51. The molecule has 0 aliphatic heterocycles. The van der Waals surface area contributed by atoms with Crippen molar-refractivity contribution < 1.29 is 0 Å². The first kappa shape index (κ1) is 29.0. The molecule has 0 heterocycles. The molecule has 0 N–H and O–H groups in total. The summed E-state index contributed by atoms with van der Waals surface area (Å²) in [6.07, 6.45) is 32.7. The van der Waals surface area contributed by atoms with Crippen LogP contribution in [0, 0.1) is 40.9 Å². The standard InChI is InChI=1S/C33H58Br2/c1-3-5-7-9-11-15-21-33(22-16-12-10-8-6-4-2)29-23-25(34)19-20-28(29)32-27-18-14-13-17-26(27)31(35)24-30(32)33/h25-32H,3-24H2,1-2H3. The van der Waals surface area contributed by atoms with Crippen molar-refractivity contribution in [3.63, 3.8) is 0 Å². The molecule has 4 fully saturated rings. The first-order chi connectivity index (χ1) is 17.1. The molecular formula is C33H58Br2. The fourth-order valence-corrected chi connectivity index (χ4v) is 11.8. The van der Waals surface area contributed by atoms with Gasteiger partial charge >= 0.3 is 0 Å². The van der Waals surface area contributed by atoms with Gasteiger partial charge in [-0.3, -0.25) is 0 Å². The Morgan fingerprint density at radius 3 is 1.77 bits per heavy atom. The zero-order valence-electron chi connectivity index (χ0n) is 23.4. The van der Waals surface area contributed by atoms with Crippen LogP contribution in [0.2, 0.25) is 0 Å². The number of unbranched alkanes of at least 4 members (excludes halogenated alkanes) is 10. The highest BCUT2D eigenvalue weighted by Gasteiger charge is 2.64. The molecule has 0 saturated heterocycles. The van der Waals surface area contributed by atoms with Crippen molar-refractivity contribution in [1.29, 1.82) is 0 Å². The monoisotopic (exact) mass is 612 g/mol. The number of hydrogen-bond donors (Lipinski definition) is 0. The van der Waals surface area contributed by atoms with Crippen LogP contribution in [0.4, 0.5) is 0 Å². The second-order valence-corrected chi connectivity index (χ2v) is 16.0. The molecule has 8 atom stereocenters. The van der Waals surface area contributed by atoms with Crippen LogP contribution < -0.4 is 0 Å². The van der Waals surface area contributed by atoms with Gasteiger partial charge in [-0.05, 0) is 92.3 Å². The van der Waals surface area contributed by atoms with Gasteiger partial charge in [0.1, 0.15) is 0 Å². The Labute approximate surface area is 236 Å². The van der Waals surface area contributed by atoms with E-state index in [4.69, 9.17) is 0 Å². The van der Waals surface area contributed by atoms with E-state index in [1.165, 1.54) is 122 Å². The van der Waals surface area contributed by atoms with Crippen molar-refractivity contribution in [2.24, 2.45) is 40.9 Å². The number of alkyl halides is 2. The fraction of sp³-hybridized carbons (Fsp3) is 1.00. The Morgan fingerprint density at radius 1 is 0.571 bits per heavy atom. The molecule has 4 aliphatic rings. The Balaban J connectivity index is 1.54. The van der Waals surface area contributed by atoms with Crippen LogP contribution in [-0.4, -0.2) is 9.65 Å². The minimum absolute atomic E-state index is 0.658. The molecule has 0 aromatic rings. The third-order valence-corrected chi connectivity index (χ3v) is 13.5. The van der Waals surface area contributed by atoms with Gasteiger partial charge in [0.2, 0.25) is 0 Å². The Bertz CT molecular complexity index is 586. The van der Waals surface area contributed by atoms with E-state index in [-0.39, 0.29) is 0 Å². The van der Waals surface area contributed by atoms with Crippen molar-refractivity contribution in [1.82, 2.24) is 0 Å². The lowest BCUT2D eigenvalue weighted by atomic mass is 9.56. The topological polar surface area (TPSA) is 0 Å². The first-order valence-corrected chi connectivity index (χ1v) is 18.2. The van der Waals surface area contributed by atoms with E-state index in [0.717, 1.165) is 45.2 Å². The maximum absolute atomic E-state index is 4.34. The zero-order valence-corrected chi connectivity index (χ0v) is 26.6. The van der Waals surface area contributed by atoms with Gasteiger partial charge in [0, 0.05) is 9.65 Å². The Kier molecular flexibility index (Phi) is 11.9. The van der Waals surface area contributed by atoms with E-state index in [1.807, 2.05) is 0 Å². The van der Waals surface area contributed by atoms with Crippen LogP contribution in [-0.2, 0) is 0 Å². The molecule has 4 aliphatic carbocycles. The predicted molar refractivity (Wildman–Crippen MR) is 162 cm³/mol. The normalized spacial score (nSPS) is 38.1. The highest BCUT2D eigenvalue weighted by Crippen LogP contribution is 2.70. The maximum Gasteiger partial charge on any atom is 0.0179 e. The fourth-order valence-electron chi connectivity index (χ4n) is 10.1. The summed E-state index contributed by atoms with van der Waals surface area (Å²) in [5.74, 6) is 6.19. The third kappa shape index (κ3) is 6.76. The summed E-state index contributed by atoms with van der Waals surface area (Å²) >= 11 is 8.51. The van der Waals surface area contributed by atoms with Crippen molar-refractivity contribution in [2.45, 2.75) is 165 Å². The molecule has 4 rings (SSSR count). The number of fused-ring (bicyclic) bond motifs is 5. The molecule has 8 unspecified atom stereocenters. The summed E-state index contributed by atoms with van der Waals surface area (Å²) in [5, 5.41) is 0. The van der Waals surface area contributed by atoms with E-state index in [0.29, 0.717) is 5.41 Å². The average Bonchev–Trinajstić information content (AvgIpc) is 3.12. The van der Waals surface area contributed by atoms with Gasteiger partial charge in [-0.2, -0.15) is 0 Å². The van der Waals surface area contributed by atoms with Crippen molar-refractivity contribution in [3.05, 3.63) is 0 Å². The minimum Gasteiger partial charge on any atom is -0.0891 e. The van der Waals surface area contributed by atoms with Crippen LogP contribution >= 0.6 is 31.9 Å². The van der Waals surface area contributed by atoms with Gasteiger partial charge in [-0.15, -0.1) is 0 Å². The van der Waals surface area contributed by atoms with Crippen molar-refractivity contribution in [2.75, 3.05) is 0 Å². The molecule has 35 heavy (non-hydrogen) atoms. The summed E-state index contributed by atoms with van der Waals surface area (Å²) in [4.78, 5) is 1.60. The molecule has 0 spiro atoms. The summed E-state index contributed by atoms with van der Waals surface area (Å²) in [6.45, 7) is 4.71. The van der Waals surface area contributed by atoms with Gasteiger partial charge < -0.3 is 0 Å². The van der Waals surface area contributed by atoms with E-state index < -0.39 is 0 Å². The maximum atomic E-state index is 4.34. The summed E-state index contributed by atoms with van der Waals surface area (Å²) in [5.41, 5.74) is 0.658. The third-order valence-electron chi connectivity index (χ3n) is 11.6. The highest BCUT2D eigenvalue weighted by molar-refractivity contribution is 9.09. The van der Waals surface area contributed by atoms with Crippen LogP contribution in [0.15, 0.2) is 0 Å². The van der Waals surface area contributed by atoms with E-state index >= 15 is 0 Å². The van der Waals surface area contributed by atoms with Gasteiger partial charge in [0.25, 0.3) is 0 Å². The summed E-state index contributed by atoms with van der Waals surface area (Å²) in [7, 11) is 0. The molecule has 0 aromatic heterocycles. The molecule has 204 valence electrons. The lowest BCUT2D eigenvalue weighted by Crippen LogP contribution is -2.45. The molecule has 2 heteroatoms. The van der Waals surface area contributed by atoms with Crippen molar-refractivity contribution >= 4 is 31.9 Å². The largest absolute Gasteiger partial charge is 0.0891 e. The van der Waals surface area contributed by atoms with E-state index in [2.05, 4.69) is 45.7 Å². The van der Waals surface area contributed by atoms with Crippen LogP contribution in [0.1, 0.15) is 155 Å². The molecule has 0 nitrogen and oxygen atoms in total. The van der Waals surface area contributed by atoms with Crippen LogP contribution in [0.3, 0.4) is 0 Å². The lowest BCUT2D eigenvalue weighted by molar-refractivity contribution is 0.00966. The Morgan fingerprint density at radius 2 is 1.14 bits per heavy atom. The van der Waals surface area contributed by atoms with Gasteiger partial charge in [0.15, 0.2) is 0 Å². The second-order valence-electron chi connectivity index (χ2n) is 13.5. The minimum atomic E-state index is 0.658. The quantitative estimate of drug-likeness (QED) is 0.135. The number of halogens is 2. The summed E-state index contributed by atoms with van der Waals surface area (Å²) < 4.78 is 0. The summed E-state index contributed by atoms with van der Waals surface area (Å²) in [6, 6.07) is 0. The zero-order chi connectivity index (χ0) is 24.7. The van der Waals surface area contributed by atoms with Gasteiger partial charge in [-0.25, -0.2) is 0 Å². The number of hydrogen-bond acceptors (Lipinski definition) is 0. The Hall–Kier alpha value is 0.960. The molecule has 4 saturated carbocycles. The van der Waals surface area contributed by atoms with Crippen LogP contribution in [0.25, 0.3) is 0 Å². The van der Waals surface area contributed by atoms with Gasteiger partial charge in [0.05, 0.1) is 0 Å². The predicted octanol–water partition coefficient (Wildman–Crippen LogP) is 11.9. The van der Waals surface area contributed by atoms with E-state index in [1.54, 1.807) is 19.3 Å². The smallest absolute Gasteiger partial charge is 0.0179 e. The molecule has 0 radical (unpaired) electrons. The molecule has 0 bridgehead atoms. The molecular weight excluding hydrogens is 556 g/mol. The average molecular weight is 615 g/mol. The first-order valence-electron chi connectivity index (χ1n) is 16.4. The second kappa shape index (κ2) is 14.4. The van der Waals surface area contributed by atoms with Crippen LogP contribution in [0.5, 0.6) is 0 Å². The molecule has 0 amide bonds. The van der Waals surface area contributed by atoms with E-state index in [9.17, 15) is 0 Å². The van der Waals surface area contributed by atoms with Gasteiger partial charge in [-0.1, -0.05) is 136 Å². The molecule has 0 aromatic carbocycles. The SMILES string of the molecule is CCCCCCCCC1(CCCCCCCC)C2CC(Br)CCC2C2C3CCCCC3C(Br)CC21. The highest BCUT2D eigenvalue weighted by atomic mass is 79.9. The number of rotatable bonds is 14.